The van der Waals surface area contributed by atoms with E-state index in [1.165, 1.54) is 19.3 Å². The lowest BCUT2D eigenvalue weighted by Gasteiger charge is -2.33. The van der Waals surface area contributed by atoms with Gasteiger partial charge in [0, 0.05) is 37.7 Å². The van der Waals surface area contributed by atoms with Gasteiger partial charge in [0.05, 0.1) is 12.6 Å². The van der Waals surface area contributed by atoms with Crippen LogP contribution < -0.4 is 5.32 Å². The SMILES string of the molecule is O=C(NCc1nc(-c2ccncc2)n[nH]1)N(CC1CCC1)C[C@H]1CCCO1. The van der Waals surface area contributed by atoms with Gasteiger partial charge in [-0.15, -0.1) is 0 Å². The van der Waals surface area contributed by atoms with Crippen LogP contribution in [0.5, 0.6) is 0 Å². The van der Waals surface area contributed by atoms with Crippen LogP contribution in [0.4, 0.5) is 4.79 Å². The molecular weight excluding hydrogens is 344 g/mol. The number of pyridine rings is 1. The highest BCUT2D eigenvalue weighted by atomic mass is 16.5. The van der Waals surface area contributed by atoms with E-state index in [1.807, 2.05) is 17.0 Å². The van der Waals surface area contributed by atoms with Crippen molar-refractivity contribution in [3.05, 3.63) is 30.4 Å². The number of urea groups is 1. The number of carbonyl (C=O) groups excluding carboxylic acids is 1. The fourth-order valence-corrected chi connectivity index (χ4v) is 3.54. The van der Waals surface area contributed by atoms with Crippen molar-refractivity contribution in [3.8, 4) is 11.4 Å². The number of aromatic nitrogens is 4. The van der Waals surface area contributed by atoms with Crippen molar-refractivity contribution in [1.82, 2.24) is 30.4 Å². The van der Waals surface area contributed by atoms with E-state index in [-0.39, 0.29) is 12.1 Å². The number of aromatic amines is 1. The van der Waals surface area contributed by atoms with Crippen LogP contribution in [0.25, 0.3) is 11.4 Å². The smallest absolute Gasteiger partial charge is 0.317 e. The van der Waals surface area contributed by atoms with E-state index in [9.17, 15) is 4.79 Å². The highest BCUT2D eigenvalue weighted by Gasteiger charge is 2.27. The van der Waals surface area contributed by atoms with Crippen LogP contribution in [0.2, 0.25) is 0 Å². The van der Waals surface area contributed by atoms with Gasteiger partial charge in [0.15, 0.2) is 5.82 Å². The molecule has 2 aromatic rings. The van der Waals surface area contributed by atoms with Crippen LogP contribution in [0.15, 0.2) is 24.5 Å². The Hall–Kier alpha value is -2.48. The highest BCUT2D eigenvalue weighted by molar-refractivity contribution is 5.74. The molecular formula is C19H26N6O2. The first-order valence-corrected chi connectivity index (χ1v) is 9.74. The summed E-state index contributed by atoms with van der Waals surface area (Å²) < 4.78 is 5.73. The summed E-state index contributed by atoms with van der Waals surface area (Å²) in [7, 11) is 0. The molecule has 0 spiro atoms. The number of amides is 2. The van der Waals surface area contributed by atoms with Gasteiger partial charge < -0.3 is 15.0 Å². The second kappa shape index (κ2) is 8.47. The van der Waals surface area contributed by atoms with Gasteiger partial charge in [0.2, 0.25) is 0 Å². The van der Waals surface area contributed by atoms with Crippen LogP contribution in [0.1, 0.15) is 37.9 Å². The summed E-state index contributed by atoms with van der Waals surface area (Å²) in [5.41, 5.74) is 0.892. The van der Waals surface area contributed by atoms with E-state index in [2.05, 4.69) is 25.5 Å². The molecule has 144 valence electrons. The molecule has 0 radical (unpaired) electrons. The minimum absolute atomic E-state index is 0.0562. The first kappa shape index (κ1) is 17.9. The van der Waals surface area contributed by atoms with Crippen molar-refractivity contribution in [2.75, 3.05) is 19.7 Å². The molecule has 8 nitrogen and oxygen atoms in total. The van der Waals surface area contributed by atoms with E-state index in [4.69, 9.17) is 4.74 Å². The van der Waals surface area contributed by atoms with Crippen molar-refractivity contribution in [2.45, 2.75) is 44.8 Å². The standard InChI is InChI=1S/C19H26N6O2/c26-19(25(12-14-3-1-4-14)13-16-5-2-10-27-16)21-11-17-22-18(24-23-17)15-6-8-20-9-7-15/h6-9,14,16H,1-5,10-13H2,(H,21,26)(H,22,23,24)/t16-/m1/s1. The zero-order valence-corrected chi connectivity index (χ0v) is 15.4. The third-order valence-corrected chi connectivity index (χ3v) is 5.32. The number of ether oxygens (including phenoxy) is 1. The second-order valence-electron chi connectivity index (χ2n) is 7.34. The van der Waals surface area contributed by atoms with E-state index < -0.39 is 0 Å². The minimum atomic E-state index is -0.0562. The molecule has 4 rings (SSSR count). The first-order chi connectivity index (χ1) is 13.3. The Morgan fingerprint density at radius 1 is 1.22 bits per heavy atom. The Morgan fingerprint density at radius 3 is 2.78 bits per heavy atom. The van der Waals surface area contributed by atoms with Crippen LogP contribution >= 0.6 is 0 Å². The third kappa shape index (κ3) is 4.63. The number of carbonyl (C=O) groups is 1. The van der Waals surface area contributed by atoms with Gasteiger partial charge in [-0.1, -0.05) is 6.42 Å². The summed E-state index contributed by atoms with van der Waals surface area (Å²) in [5.74, 6) is 1.86. The molecule has 0 unspecified atom stereocenters. The molecule has 1 atom stereocenters. The summed E-state index contributed by atoms with van der Waals surface area (Å²) in [6.45, 7) is 2.61. The van der Waals surface area contributed by atoms with Crippen molar-refractivity contribution < 1.29 is 9.53 Å². The molecule has 0 aromatic carbocycles. The lowest BCUT2D eigenvalue weighted by Crippen LogP contribution is -2.46. The molecule has 3 heterocycles. The molecule has 27 heavy (non-hydrogen) atoms. The second-order valence-corrected chi connectivity index (χ2v) is 7.34. The predicted molar refractivity (Wildman–Crippen MR) is 99.7 cm³/mol. The number of hydrogen-bond donors (Lipinski definition) is 2. The topological polar surface area (TPSA) is 96.0 Å². The van der Waals surface area contributed by atoms with Gasteiger partial charge in [-0.2, -0.15) is 5.10 Å². The Kier molecular flexibility index (Phi) is 5.62. The summed E-state index contributed by atoms with van der Waals surface area (Å²) in [4.78, 5) is 23.1. The third-order valence-electron chi connectivity index (χ3n) is 5.32. The van der Waals surface area contributed by atoms with E-state index in [1.54, 1.807) is 12.4 Å². The van der Waals surface area contributed by atoms with Gasteiger partial charge in [-0.05, 0) is 43.7 Å². The molecule has 1 saturated heterocycles. The fraction of sp³-hybridized carbons (Fsp3) is 0.579. The largest absolute Gasteiger partial charge is 0.376 e. The van der Waals surface area contributed by atoms with Gasteiger partial charge in [0.25, 0.3) is 0 Å². The Labute approximate surface area is 158 Å². The van der Waals surface area contributed by atoms with Gasteiger partial charge >= 0.3 is 6.03 Å². The number of hydrogen-bond acceptors (Lipinski definition) is 5. The summed E-state index contributed by atoms with van der Waals surface area (Å²) in [6, 6.07) is 3.65. The van der Waals surface area contributed by atoms with E-state index >= 15 is 0 Å². The number of H-pyrrole nitrogens is 1. The molecule has 2 amide bonds. The molecule has 1 aliphatic heterocycles. The van der Waals surface area contributed by atoms with Gasteiger partial charge in [0.1, 0.15) is 5.82 Å². The molecule has 2 fully saturated rings. The average molecular weight is 370 g/mol. The number of nitrogens with zero attached hydrogens (tertiary/aromatic N) is 4. The zero-order chi connectivity index (χ0) is 18.5. The fourth-order valence-electron chi connectivity index (χ4n) is 3.54. The maximum absolute atomic E-state index is 12.7. The van der Waals surface area contributed by atoms with Crippen LogP contribution in [-0.2, 0) is 11.3 Å². The van der Waals surface area contributed by atoms with Crippen LogP contribution in [0.3, 0.4) is 0 Å². The number of rotatable bonds is 7. The maximum Gasteiger partial charge on any atom is 0.317 e. The van der Waals surface area contributed by atoms with Crippen molar-refractivity contribution in [1.29, 1.82) is 0 Å². The monoisotopic (exact) mass is 370 g/mol. The lowest BCUT2D eigenvalue weighted by molar-refractivity contribution is 0.0720. The molecule has 1 aliphatic carbocycles. The molecule has 2 N–H and O–H groups in total. The van der Waals surface area contributed by atoms with Crippen molar-refractivity contribution >= 4 is 6.03 Å². The average Bonchev–Trinajstić information content (AvgIpc) is 3.34. The van der Waals surface area contributed by atoms with E-state index in [0.717, 1.165) is 31.6 Å². The molecule has 0 bridgehead atoms. The summed E-state index contributed by atoms with van der Waals surface area (Å²) in [5, 5.41) is 10.1. The predicted octanol–water partition coefficient (Wildman–Crippen LogP) is 2.36. The molecule has 2 aromatic heterocycles. The zero-order valence-electron chi connectivity index (χ0n) is 15.4. The summed E-state index contributed by atoms with van der Waals surface area (Å²) in [6.07, 6.45) is 9.40. The van der Waals surface area contributed by atoms with Gasteiger partial charge in [-0.25, -0.2) is 9.78 Å². The first-order valence-electron chi connectivity index (χ1n) is 9.74. The van der Waals surface area contributed by atoms with Crippen molar-refractivity contribution in [2.24, 2.45) is 5.92 Å². The lowest BCUT2D eigenvalue weighted by atomic mass is 9.85. The molecule has 8 heteroatoms. The maximum atomic E-state index is 12.7. The van der Waals surface area contributed by atoms with Crippen LogP contribution in [-0.4, -0.2) is 56.9 Å². The Bertz CT molecular complexity index is 740. The van der Waals surface area contributed by atoms with Crippen molar-refractivity contribution in [3.63, 3.8) is 0 Å². The van der Waals surface area contributed by atoms with E-state index in [0.29, 0.717) is 30.7 Å². The summed E-state index contributed by atoms with van der Waals surface area (Å²) >= 11 is 0. The quantitative estimate of drug-likeness (QED) is 0.780. The Balaban J connectivity index is 1.33. The molecule has 2 aliphatic rings. The van der Waals surface area contributed by atoms with Gasteiger partial charge in [-0.3, -0.25) is 10.1 Å². The highest BCUT2D eigenvalue weighted by Crippen LogP contribution is 2.27. The number of nitrogens with one attached hydrogen (secondary N) is 2. The Morgan fingerprint density at radius 2 is 2.07 bits per heavy atom. The minimum Gasteiger partial charge on any atom is -0.376 e. The normalized spacial score (nSPS) is 19.6. The molecule has 1 saturated carbocycles. The van der Waals surface area contributed by atoms with Crippen LogP contribution in [0, 0.1) is 5.92 Å².